The number of benzene rings is 2. The Hall–Kier alpha value is -3.09. The molecule has 2 aliphatic heterocycles. The number of aromatic nitrogens is 1. The van der Waals surface area contributed by atoms with E-state index in [1.54, 1.807) is 11.8 Å². The van der Waals surface area contributed by atoms with Gasteiger partial charge in [-0.2, -0.15) is 0 Å². The highest BCUT2D eigenvalue weighted by Crippen LogP contribution is 2.47. The molecule has 5 nitrogen and oxygen atoms in total. The van der Waals surface area contributed by atoms with Gasteiger partial charge in [-0.05, 0) is 59.8 Å². The largest absolute Gasteiger partial charge is 0.369 e. The molecule has 0 amide bonds. The van der Waals surface area contributed by atoms with Crippen molar-refractivity contribution in [2.45, 2.75) is 12.5 Å². The lowest BCUT2D eigenvalue weighted by Gasteiger charge is -2.34. The summed E-state index contributed by atoms with van der Waals surface area (Å²) in [7, 11) is 2.18. The summed E-state index contributed by atoms with van der Waals surface area (Å²) in [4.78, 5) is 15.3. The van der Waals surface area contributed by atoms with Crippen LogP contribution in [0.3, 0.4) is 0 Å². The van der Waals surface area contributed by atoms with E-state index in [1.165, 1.54) is 27.1 Å². The summed E-state index contributed by atoms with van der Waals surface area (Å²) in [6.07, 6.45) is 3.04. The van der Waals surface area contributed by atoms with Crippen LogP contribution in [-0.2, 0) is 0 Å². The van der Waals surface area contributed by atoms with E-state index in [4.69, 9.17) is 0 Å². The average molecular weight is 454 g/mol. The third-order valence-electron chi connectivity index (χ3n) is 6.68. The highest BCUT2D eigenvalue weighted by atomic mass is 32.2. The van der Waals surface area contributed by atoms with Gasteiger partial charge in [0.2, 0.25) is 0 Å². The van der Waals surface area contributed by atoms with Crippen molar-refractivity contribution in [1.29, 1.82) is 0 Å². The van der Waals surface area contributed by atoms with Crippen LogP contribution in [0.1, 0.15) is 17.5 Å². The first-order valence-electron chi connectivity index (χ1n) is 11.5. The molecule has 1 N–H and O–H groups in total. The first-order chi connectivity index (χ1) is 16.1. The maximum absolute atomic E-state index is 4.63. The molecule has 0 bridgehead atoms. The third kappa shape index (κ3) is 4.16. The molecule has 1 aliphatic carbocycles. The molecule has 1 atom stereocenters. The van der Waals surface area contributed by atoms with Crippen LogP contribution in [0.4, 0.5) is 11.5 Å². The second-order valence-electron chi connectivity index (χ2n) is 9.02. The Morgan fingerprint density at radius 3 is 2.82 bits per heavy atom. The fraction of sp³-hybridized carbons (Fsp3) is 0.259. The molecule has 3 aliphatic rings. The minimum Gasteiger partial charge on any atom is -0.369 e. The van der Waals surface area contributed by atoms with Crippen LogP contribution in [0.15, 0.2) is 71.9 Å². The zero-order valence-electron chi connectivity index (χ0n) is 18.8. The fourth-order valence-corrected chi connectivity index (χ4v) is 5.50. The van der Waals surface area contributed by atoms with Crippen LogP contribution in [0.2, 0.25) is 0 Å². The van der Waals surface area contributed by atoms with Crippen LogP contribution in [0.5, 0.6) is 0 Å². The van der Waals surface area contributed by atoms with E-state index >= 15 is 0 Å². The Labute approximate surface area is 198 Å². The highest BCUT2D eigenvalue weighted by molar-refractivity contribution is 8.20. The Balaban J connectivity index is 1.22. The first-order valence-corrected chi connectivity index (χ1v) is 12.3. The van der Waals surface area contributed by atoms with Crippen molar-refractivity contribution >= 4 is 50.2 Å². The number of rotatable bonds is 5. The van der Waals surface area contributed by atoms with Crippen LogP contribution in [0.25, 0.3) is 21.4 Å². The van der Waals surface area contributed by atoms with Gasteiger partial charge in [0.05, 0.1) is 11.6 Å². The van der Waals surface area contributed by atoms with Gasteiger partial charge >= 0.3 is 0 Å². The fourth-order valence-electron chi connectivity index (χ4n) is 4.55. The number of fused-ring (bicyclic) bond motifs is 2. The van der Waals surface area contributed by atoms with Gasteiger partial charge in [0.1, 0.15) is 5.82 Å². The molecule has 2 aromatic carbocycles. The molecule has 1 aromatic heterocycles. The summed E-state index contributed by atoms with van der Waals surface area (Å²) in [5.41, 5.74) is 7.93. The predicted molar refractivity (Wildman–Crippen MR) is 142 cm³/mol. The van der Waals surface area contributed by atoms with Gasteiger partial charge in [-0.1, -0.05) is 42.6 Å². The van der Waals surface area contributed by atoms with Gasteiger partial charge in [0.25, 0.3) is 0 Å². The van der Waals surface area contributed by atoms with Gasteiger partial charge in [-0.25, -0.2) is 4.98 Å². The average Bonchev–Trinajstić information content (AvgIpc) is 3.64. The number of pyridine rings is 1. The first kappa shape index (κ1) is 20.5. The minimum atomic E-state index is 0.427. The maximum Gasteiger partial charge on any atom is 0.130 e. The van der Waals surface area contributed by atoms with Crippen molar-refractivity contribution in [1.82, 2.24) is 9.88 Å². The molecule has 0 spiro atoms. The Morgan fingerprint density at radius 1 is 1.06 bits per heavy atom. The summed E-state index contributed by atoms with van der Waals surface area (Å²) >= 11 is 1.74. The number of nitrogens with zero attached hydrogens (tertiary/aromatic N) is 4. The van der Waals surface area contributed by atoms with E-state index < -0.39 is 0 Å². The topological polar surface area (TPSA) is 43.8 Å². The van der Waals surface area contributed by atoms with Crippen molar-refractivity contribution in [3.63, 3.8) is 0 Å². The Morgan fingerprint density at radius 2 is 1.94 bits per heavy atom. The van der Waals surface area contributed by atoms with Gasteiger partial charge in [-0.15, -0.1) is 0 Å². The van der Waals surface area contributed by atoms with Crippen LogP contribution < -0.4 is 10.2 Å². The standard InChI is InChI=1S/C27H27N5S/c1-18(19-4-3-5-23(13-19)32-10-8-31(2)9-11-32)30-26-14-22-12-20(6-7-21(22)16-28-26)27-24-15-25(24)29-17-33-27/h3-7,12-14,16-17,25H,1,8-11,15H2,2H3,(H,28,30)/t25-/m1/s1. The zero-order chi connectivity index (χ0) is 22.4. The quantitative estimate of drug-likeness (QED) is 0.566. The number of hydrogen-bond donors (Lipinski definition) is 1. The third-order valence-corrected chi connectivity index (χ3v) is 7.65. The molecule has 2 fully saturated rings. The summed E-state index contributed by atoms with van der Waals surface area (Å²) < 4.78 is 0. The Bertz CT molecular complexity index is 1300. The van der Waals surface area contributed by atoms with Crippen molar-refractivity contribution < 1.29 is 0 Å². The predicted octanol–water partition coefficient (Wildman–Crippen LogP) is 5.33. The molecule has 1 saturated heterocycles. The van der Waals surface area contributed by atoms with Crippen LogP contribution >= 0.6 is 11.8 Å². The summed E-state index contributed by atoms with van der Waals surface area (Å²) in [5, 5.41) is 5.75. The normalized spacial score (nSPS) is 20.2. The smallest absolute Gasteiger partial charge is 0.130 e. The van der Waals surface area contributed by atoms with Crippen molar-refractivity contribution in [2.24, 2.45) is 4.99 Å². The van der Waals surface area contributed by atoms with Crippen LogP contribution in [0, 0.1) is 0 Å². The van der Waals surface area contributed by atoms with Gasteiger partial charge in [0, 0.05) is 54.1 Å². The second-order valence-corrected chi connectivity index (χ2v) is 9.88. The number of aliphatic imine (C=N–C) groups is 1. The molecule has 1 saturated carbocycles. The number of hydrogen-bond acceptors (Lipinski definition) is 6. The molecule has 6 heteroatoms. The second kappa shape index (κ2) is 8.36. The van der Waals surface area contributed by atoms with Crippen molar-refractivity contribution in [3.05, 3.63) is 78.0 Å². The van der Waals surface area contributed by atoms with E-state index in [2.05, 4.69) is 87.3 Å². The van der Waals surface area contributed by atoms with Crippen molar-refractivity contribution in [2.75, 3.05) is 43.4 Å². The molecule has 0 unspecified atom stereocenters. The van der Waals surface area contributed by atoms with E-state index in [9.17, 15) is 0 Å². The number of likely N-dealkylation sites (N-methyl/N-ethyl adjacent to an activating group) is 1. The van der Waals surface area contributed by atoms with Gasteiger partial charge in [-0.3, -0.25) is 4.99 Å². The minimum absolute atomic E-state index is 0.427. The molecule has 6 rings (SSSR count). The molecule has 33 heavy (non-hydrogen) atoms. The van der Waals surface area contributed by atoms with E-state index in [0.717, 1.165) is 55.1 Å². The van der Waals surface area contributed by atoms with E-state index in [0.29, 0.717) is 6.04 Å². The van der Waals surface area contributed by atoms with E-state index in [1.807, 2.05) is 11.7 Å². The highest BCUT2D eigenvalue weighted by Gasteiger charge is 2.35. The number of thioether (sulfide) groups is 1. The molecular weight excluding hydrogens is 426 g/mol. The lowest BCUT2D eigenvalue weighted by atomic mass is 10.1. The van der Waals surface area contributed by atoms with Crippen molar-refractivity contribution in [3.8, 4) is 0 Å². The maximum atomic E-state index is 4.63. The molecule has 3 aromatic rings. The lowest BCUT2D eigenvalue weighted by Crippen LogP contribution is -2.44. The summed E-state index contributed by atoms with van der Waals surface area (Å²) in [6, 6.07) is 17.8. The molecule has 3 heterocycles. The Kier molecular flexibility index (Phi) is 5.19. The number of piperazine rings is 1. The molecule has 166 valence electrons. The van der Waals surface area contributed by atoms with Gasteiger partial charge < -0.3 is 15.1 Å². The zero-order valence-corrected chi connectivity index (χ0v) is 19.6. The van der Waals surface area contributed by atoms with Gasteiger partial charge in [0.15, 0.2) is 0 Å². The summed E-state index contributed by atoms with van der Waals surface area (Å²) in [6.45, 7) is 8.60. The molecular formula is C27H27N5S. The monoisotopic (exact) mass is 453 g/mol. The summed E-state index contributed by atoms with van der Waals surface area (Å²) in [5.74, 6) is 0.814. The number of anilines is 2. The van der Waals surface area contributed by atoms with E-state index in [-0.39, 0.29) is 0 Å². The molecule has 0 radical (unpaired) electrons. The lowest BCUT2D eigenvalue weighted by molar-refractivity contribution is 0.313. The van der Waals surface area contributed by atoms with Crippen LogP contribution in [-0.4, -0.2) is 54.7 Å². The number of nitrogens with one attached hydrogen (secondary N) is 1. The SMILES string of the molecule is C=C(Nc1cc2cc(C3=C4C[C@H]4N=CS3)ccc2cn1)c1cccc(N2CCN(C)CC2)c1.